The lowest BCUT2D eigenvalue weighted by atomic mass is 10.2. The third kappa shape index (κ3) is 3.57. The summed E-state index contributed by atoms with van der Waals surface area (Å²) in [4.78, 5) is 21.8. The minimum atomic E-state index is -1.04. The first-order chi connectivity index (χ1) is 9.06. The molecule has 0 saturated carbocycles. The van der Waals surface area contributed by atoms with Crippen LogP contribution in [0.1, 0.15) is 6.42 Å². The topological polar surface area (TPSA) is 71.3 Å². The molecule has 0 saturated heterocycles. The van der Waals surface area contributed by atoms with Crippen molar-refractivity contribution in [2.75, 3.05) is 6.54 Å². The van der Waals surface area contributed by atoms with Crippen molar-refractivity contribution in [1.82, 2.24) is 9.88 Å². The molecular formula is C13H13BrN2O3. The predicted octanol–water partition coefficient (Wildman–Crippen LogP) is 1.99. The predicted molar refractivity (Wildman–Crippen MR) is 74.9 cm³/mol. The zero-order valence-electron chi connectivity index (χ0n) is 10.1. The fourth-order valence-corrected chi connectivity index (χ4v) is 2.19. The molecule has 0 spiro atoms. The van der Waals surface area contributed by atoms with Crippen molar-refractivity contribution in [2.24, 2.45) is 0 Å². The van der Waals surface area contributed by atoms with Crippen molar-refractivity contribution < 1.29 is 14.7 Å². The molecule has 100 valence electrons. The minimum Gasteiger partial charge on any atom is -0.480 e. The number of halogens is 1. The molecule has 6 heteroatoms. The summed E-state index contributed by atoms with van der Waals surface area (Å²) in [6.45, 7) is 0.183. The summed E-state index contributed by atoms with van der Waals surface area (Å²) in [7, 11) is 0. The third-order valence-corrected chi connectivity index (χ3v) is 3.25. The molecule has 0 radical (unpaired) electrons. The van der Waals surface area contributed by atoms with E-state index in [9.17, 15) is 9.59 Å². The number of nitrogens with zero attached hydrogens (tertiary/aromatic N) is 1. The molecule has 0 unspecified atom stereocenters. The highest BCUT2D eigenvalue weighted by molar-refractivity contribution is 9.10. The maximum Gasteiger partial charge on any atom is 0.322 e. The summed E-state index contributed by atoms with van der Waals surface area (Å²) in [5, 5.41) is 11.9. The Balaban J connectivity index is 2.00. The fourth-order valence-electron chi connectivity index (χ4n) is 1.84. The van der Waals surface area contributed by atoms with Crippen LogP contribution in [0.25, 0.3) is 10.9 Å². The Labute approximate surface area is 118 Å². The van der Waals surface area contributed by atoms with Crippen LogP contribution < -0.4 is 5.32 Å². The average Bonchev–Trinajstić information content (AvgIpc) is 2.76. The number of aliphatic carboxylic acids is 1. The number of amides is 1. The molecule has 0 aliphatic rings. The van der Waals surface area contributed by atoms with Crippen LogP contribution in [-0.2, 0) is 16.1 Å². The fraction of sp³-hybridized carbons (Fsp3) is 0.231. The lowest BCUT2D eigenvalue weighted by molar-refractivity contribution is -0.137. The number of carboxylic acid groups (broad SMARTS) is 1. The highest BCUT2D eigenvalue weighted by Gasteiger charge is 2.06. The highest BCUT2D eigenvalue weighted by Crippen LogP contribution is 2.21. The standard InChI is InChI=1S/C13H13BrN2O3/c14-10-2-1-9-3-5-16(11(9)7-10)6-4-12(17)15-8-13(18)19/h1-3,5,7H,4,6,8H2,(H,15,17)(H,18,19). The number of carboxylic acids is 1. The molecule has 19 heavy (non-hydrogen) atoms. The van der Waals surface area contributed by atoms with Gasteiger partial charge in [0.25, 0.3) is 0 Å². The Bertz CT molecular complexity index is 621. The van der Waals surface area contributed by atoms with E-state index < -0.39 is 5.97 Å². The van der Waals surface area contributed by atoms with E-state index in [-0.39, 0.29) is 18.9 Å². The Kier molecular flexibility index (Phi) is 4.21. The van der Waals surface area contributed by atoms with E-state index in [1.54, 1.807) is 0 Å². The molecule has 2 aromatic rings. The SMILES string of the molecule is O=C(O)CNC(=O)CCn1ccc2ccc(Br)cc21. The first-order valence-corrected chi connectivity index (χ1v) is 6.58. The van der Waals surface area contributed by atoms with Crippen molar-refractivity contribution in [2.45, 2.75) is 13.0 Å². The van der Waals surface area contributed by atoms with Crippen molar-refractivity contribution >= 4 is 38.7 Å². The monoisotopic (exact) mass is 324 g/mol. The number of fused-ring (bicyclic) bond motifs is 1. The van der Waals surface area contributed by atoms with Crippen LogP contribution in [0.5, 0.6) is 0 Å². The smallest absolute Gasteiger partial charge is 0.322 e. The zero-order valence-corrected chi connectivity index (χ0v) is 11.7. The first kappa shape index (κ1) is 13.6. The molecule has 1 heterocycles. The summed E-state index contributed by atoms with van der Waals surface area (Å²) < 4.78 is 2.95. The van der Waals surface area contributed by atoms with Crippen molar-refractivity contribution in [3.63, 3.8) is 0 Å². The van der Waals surface area contributed by atoms with Gasteiger partial charge in [-0.1, -0.05) is 22.0 Å². The molecule has 1 amide bonds. The molecule has 1 aromatic heterocycles. The molecule has 1 aromatic carbocycles. The Hall–Kier alpha value is -1.82. The van der Waals surface area contributed by atoms with Crippen LogP contribution >= 0.6 is 15.9 Å². The molecule has 0 bridgehead atoms. The summed E-state index contributed by atoms with van der Waals surface area (Å²) in [5.41, 5.74) is 1.04. The Morgan fingerprint density at radius 2 is 2.11 bits per heavy atom. The number of carbonyl (C=O) groups is 2. The molecule has 5 nitrogen and oxygen atoms in total. The molecule has 0 fully saturated rings. The molecular weight excluding hydrogens is 312 g/mol. The van der Waals surface area contributed by atoms with Crippen LogP contribution in [0, 0.1) is 0 Å². The van der Waals surface area contributed by atoms with Gasteiger partial charge >= 0.3 is 5.97 Å². The van der Waals surface area contributed by atoms with Crippen LogP contribution in [0.4, 0.5) is 0 Å². The highest BCUT2D eigenvalue weighted by atomic mass is 79.9. The molecule has 0 atom stereocenters. The average molecular weight is 325 g/mol. The van der Waals surface area contributed by atoms with Gasteiger partial charge in [0.05, 0.1) is 0 Å². The van der Waals surface area contributed by atoms with Crippen molar-refractivity contribution in [1.29, 1.82) is 0 Å². The van der Waals surface area contributed by atoms with Crippen molar-refractivity contribution in [3.8, 4) is 0 Å². The van der Waals surface area contributed by atoms with Gasteiger partial charge < -0.3 is 15.0 Å². The normalized spacial score (nSPS) is 10.6. The van der Waals surface area contributed by atoms with Gasteiger partial charge in [0.1, 0.15) is 6.54 Å². The number of hydrogen-bond donors (Lipinski definition) is 2. The first-order valence-electron chi connectivity index (χ1n) is 5.79. The van der Waals surface area contributed by atoms with Crippen LogP contribution in [-0.4, -0.2) is 28.1 Å². The maximum atomic E-state index is 11.4. The number of rotatable bonds is 5. The van der Waals surface area contributed by atoms with E-state index in [0.717, 1.165) is 15.4 Å². The Morgan fingerprint density at radius 3 is 2.84 bits per heavy atom. The Morgan fingerprint density at radius 1 is 1.32 bits per heavy atom. The zero-order chi connectivity index (χ0) is 13.8. The van der Waals surface area contributed by atoms with E-state index in [0.29, 0.717) is 6.54 Å². The van der Waals surface area contributed by atoms with Crippen molar-refractivity contribution in [3.05, 3.63) is 34.9 Å². The van der Waals surface area contributed by atoms with Crippen LogP contribution in [0.15, 0.2) is 34.9 Å². The number of benzene rings is 1. The van der Waals surface area contributed by atoms with Gasteiger partial charge in [-0.15, -0.1) is 0 Å². The summed E-state index contributed by atoms with van der Waals surface area (Å²) in [6.07, 6.45) is 2.17. The van der Waals surface area contributed by atoms with E-state index >= 15 is 0 Å². The van der Waals surface area contributed by atoms with Gasteiger partial charge in [0.2, 0.25) is 5.91 Å². The van der Waals surface area contributed by atoms with Crippen LogP contribution in [0.3, 0.4) is 0 Å². The number of aryl methyl sites for hydroxylation is 1. The van der Waals surface area contributed by atoms with Gasteiger partial charge in [-0.05, 0) is 23.6 Å². The minimum absolute atomic E-state index is 0.254. The second kappa shape index (κ2) is 5.88. The summed E-state index contributed by atoms with van der Waals surface area (Å²) in [6, 6.07) is 7.94. The molecule has 2 rings (SSSR count). The number of aromatic nitrogens is 1. The lowest BCUT2D eigenvalue weighted by Crippen LogP contribution is -2.29. The molecule has 2 N–H and O–H groups in total. The van der Waals surface area contributed by atoms with E-state index in [1.165, 1.54) is 0 Å². The van der Waals surface area contributed by atoms with E-state index in [4.69, 9.17) is 5.11 Å². The molecule has 0 aliphatic carbocycles. The number of hydrogen-bond acceptors (Lipinski definition) is 2. The van der Waals surface area contributed by atoms with Gasteiger partial charge in [-0.2, -0.15) is 0 Å². The third-order valence-electron chi connectivity index (χ3n) is 2.75. The van der Waals surface area contributed by atoms with Gasteiger partial charge in [-0.25, -0.2) is 0 Å². The van der Waals surface area contributed by atoms with E-state index in [1.807, 2.05) is 35.0 Å². The number of nitrogens with one attached hydrogen (secondary N) is 1. The quantitative estimate of drug-likeness (QED) is 0.883. The largest absolute Gasteiger partial charge is 0.480 e. The lowest BCUT2D eigenvalue weighted by Gasteiger charge is -2.06. The van der Waals surface area contributed by atoms with Crippen LogP contribution in [0.2, 0.25) is 0 Å². The number of carbonyl (C=O) groups excluding carboxylic acids is 1. The summed E-state index contributed by atoms with van der Waals surface area (Å²) >= 11 is 3.41. The second-order valence-corrected chi connectivity index (χ2v) is 5.05. The maximum absolute atomic E-state index is 11.4. The van der Waals surface area contributed by atoms with Gasteiger partial charge in [-0.3, -0.25) is 9.59 Å². The van der Waals surface area contributed by atoms with E-state index in [2.05, 4.69) is 21.2 Å². The summed E-state index contributed by atoms with van der Waals surface area (Å²) in [5.74, 6) is -1.30. The van der Waals surface area contributed by atoms with Gasteiger partial charge in [0, 0.05) is 29.2 Å². The second-order valence-electron chi connectivity index (χ2n) is 4.13. The van der Waals surface area contributed by atoms with Gasteiger partial charge in [0.15, 0.2) is 0 Å². The molecule has 0 aliphatic heterocycles.